The van der Waals surface area contributed by atoms with Gasteiger partial charge in [-0.1, -0.05) is 18.2 Å². The second-order valence-electron chi connectivity index (χ2n) is 6.64. The smallest absolute Gasteiger partial charge is 0.242 e. The molecule has 0 fully saturated rings. The van der Waals surface area contributed by atoms with Crippen molar-refractivity contribution < 1.29 is 22.7 Å². The molecule has 0 heterocycles. The Bertz CT molecular complexity index is 913. The number of nitrogens with one attached hydrogen (secondary N) is 1. The Balaban J connectivity index is 1.87. The summed E-state index contributed by atoms with van der Waals surface area (Å²) in [5, 5.41) is 2.93. The summed E-state index contributed by atoms with van der Waals surface area (Å²) in [6.07, 6.45) is 0.637. The first-order valence-corrected chi connectivity index (χ1v) is 10.8. The van der Waals surface area contributed by atoms with Crippen LogP contribution in [0.2, 0.25) is 0 Å². The van der Waals surface area contributed by atoms with Gasteiger partial charge in [0.25, 0.3) is 0 Å². The topological polar surface area (TPSA) is 84.9 Å². The maximum absolute atomic E-state index is 12.6. The van der Waals surface area contributed by atoms with Crippen molar-refractivity contribution in [3.63, 3.8) is 0 Å². The third-order valence-electron chi connectivity index (χ3n) is 4.63. The summed E-state index contributed by atoms with van der Waals surface area (Å²) in [5.41, 5.74) is 0.891. The van der Waals surface area contributed by atoms with Crippen molar-refractivity contribution in [2.75, 3.05) is 27.8 Å². The van der Waals surface area contributed by atoms with Gasteiger partial charge in [0.05, 0.1) is 25.2 Å². The van der Waals surface area contributed by atoms with E-state index in [-0.39, 0.29) is 29.8 Å². The molecule has 1 atom stereocenters. The Kier molecular flexibility index (Phi) is 8.04. The van der Waals surface area contributed by atoms with E-state index in [4.69, 9.17) is 9.47 Å². The van der Waals surface area contributed by atoms with Crippen molar-refractivity contribution in [2.24, 2.45) is 0 Å². The van der Waals surface area contributed by atoms with Crippen LogP contribution in [0.1, 0.15) is 31.4 Å². The summed E-state index contributed by atoms with van der Waals surface area (Å²) in [6, 6.07) is 13.5. The summed E-state index contributed by atoms with van der Waals surface area (Å²) in [5.74, 6) is 1.16. The first-order valence-electron chi connectivity index (χ1n) is 9.32. The molecular weight excluding hydrogens is 392 g/mol. The second kappa shape index (κ2) is 10.3. The van der Waals surface area contributed by atoms with Crippen LogP contribution in [0, 0.1) is 0 Å². The van der Waals surface area contributed by atoms with Gasteiger partial charge in [0, 0.05) is 25.6 Å². The van der Waals surface area contributed by atoms with Gasteiger partial charge in [-0.3, -0.25) is 4.79 Å². The van der Waals surface area contributed by atoms with Crippen molar-refractivity contribution in [1.82, 2.24) is 9.62 Å². The van der Waals surface area contributed by atoms with E-state index in [2.05, 4.69) is 5.32 Å². The van der Waals surface area contributed by atoms with Crippen LogP contribution in [0.3, 0.4) is 0 Å². The van der Waals surface area contributed by atoms with Gasteiger partial charge in [-0.05, 0) is 43.7 Å². The highest BCUT2D eigenvalue weighted by atomic mass is 32.2. The molecule has 0 aliphatic carbocycles. The quantitative estimate of drug-likeness (QED) is 0.639. The van der Waals surface area contributed by atoms with Gasteiger partial charge < -0.3 is 14.8 Å². The molecule has 1 amide bonds. The lowest BCUT2D eigenvalue weighted by Gasteiger charge is -2.19. The zero-order chi connectivity index (χ0) is 21.4. The fraction of sp³-hybridized carbons (Fsp3) is 0.381. The minimum atomic E-state index is -3.61. The Hall–Kier alpha value is -2.58. The molecule has 0 aliphatic heterocycles. The van der Waals surface area contributed by atoms with Gasteiger partial charge in [0.1, 0.15) is 11.5 Å². The minimum Gasteiger partial charge on any atom is -0.497 e. The molecule has 2 aromatic carbocycles. The molecular formula is C21H28N2O5S. The first-order chi connectivity index (χ1) is 13.8. The summed E-state index contributed by atoms with van der Waals surface area (Å²) < 4.78 is 36.9. The van der Waals surface area contributed by atoms with Gasteiger partial charge >= 0.3 is 0 Å². The van der Waals surface area contributed by atoms with Crippen LogP contribution < -0.4 is 14.8 Å². The maximum atomic E-state index is 12.6. The van der Waals surface area contributed by atoms with Crippen molar-refractivity contribution >= 4 is 15.9 Å². The van der Waals surface area contributed by atoms with Crippen LogP contribution in [-0.2, 0) is 14.8 Å². The highest BCUT2D eigenvalue weighted by molar-refractivity contribution is 7.89. The number of sulfonamides is 1. The summed E-state index contributed by atoms with van der Waals surface area (Å²) in [6.45, 7) is 2.13. The largest absolute Gasteiger partial charge is 0.497 e. The summed E-state index contributed by atoms with van der Waals surface area (Å²) >= 11 is 0. The lowest BCUT2D eigenvalue weighted by molar-refractivity contribution is -0.121. The molecule has 0 aliphatic rings. The normalized spacial score (nSPS) is 12.4. The standard InChI is InChI=1S/C21H28N2O5S/c1-16(19-8-5-6-9-20(19)28-4)22-21(24)10-7-15-23(2)29(25,26)18-13-11-17(27-3)12-14-18/h5-6,8-9,11-14,16H,7,10,15H2,1-4H3,(H,22,24). The molecule has 2 rings (SSSR count). The zero-order valence-corrected chi connectivity index (χ0v) is 18.0. The molecule has 158 valence electrons. The van der Waals surface area contributed by atoms with E-state index in [0.717, 1.165) is 5.56 Å². The fourth-order valence-electron chi connectivity index (χ4n) is 2.93. The average molecular weight is 421 g/mol. The molecule has 0 saturated heterocycles. The lowest BCUT2D eigenvalue weighted by Crippen LogP contribution is -2.30. The average Bonchev–Trinajstić information content (AvgIpc) is 2.73. The van der Waals surface area contributed by atoms with E-state index in [0.29, 0.717) is 17.9 Å². The number of rotatable bonds is 10. The number of carbonyl (C=O) groups is 1. The Morgan fingerprint density at radius 3 is 2.34 bits per heavy atom. The molecule has 1 unspecified atom stereocenters. The van der Waals surface area contributed by atoms with Gasteiger partial charge in [0.15, 0.2) is 0 Å². The number of methoxy groups -OCH3 is 2. The predicted molar refractivity (Wildman–Crippen MR) is 112 cm³/mol. The maximum Gasteiger partial charge on any atom is 0.242 e. The van der Waals surface area contributed by atoms with Gasteiger partial charge in [-0.25, -0.2) is 12.7 Å². The fourth-order valence-corrected chi connectivity index (χ4v) is 4.14. The van der Waals surface area contributed by atoms with E-state index in [1.54, 1.807) is 19.2 Å². The van der Waals surface area contributed by atoms with Crippen LogP contribution in [0.15, 0.2) is 53.4 Å². The van der Waals surface area contributed by atoms with Crippen molar-refractivity contribution in [2.45, 2.75) is 30.7 Å². The van der Waals surface area contributed by atoms with Gasteiger partial charge in [0.2, 0.25) is 15.9 Å². The highest BCUT2D eigenvalue weighted by Gasteiger charge is 2.21. The number of para-hydroxylation sites is 1. The predicted octanol–water partition coefficient (Wildman–Crippen LogP) is 2.98. The molecule has 0 bridgehead atoms. The number of ether oxygens (including phenoxy) is 2. The van der Waals surface area contributed by atoms with Crippen molar-refractivity contribution in [1.29, 1.82) is 0 Å². The van der Waals surface area contributed by atoms with Crippen molar-refractivity contribution in [3.05, 3.63) is 54.1 Å². The SMILES string of the molecule is COc1ccc(S(=O)(=O)N(C)CCCC(=O)NC(C)c2ccccc2OC)cc1. The van der Waals surface area contributed by atoms with E-state index < -0.39 is 10.0 Å². The third-order valence-corrected chi connectivity index (χ3v) is 6.50. The second-order valence-corrected chi connectivity index (χ2v) is 8.68. The van der Waals surface area contributed by atoms with Crippen LogP contribution >= 0.6 is 0 Å². The molecule has 0 saturated carbocycles. The molecule has 0 aromatic heterocycles. The monoisotopic (exact) mass is 420 g/mol. The van der Waals surface area contributed by atoms with E-state index in [9.17, 15) is 13.2 Å². The van der Waals surface area contributed by atoms with Gasteiger partial charge in [-0.2, -0.15) is 0 Å². The number of nitrogens with zero attached hydrogens (tertiary/aromatic N) is 1. The molecule has 7 nitrogen and oxygen atoms in total. The minimum absolute atomic E-state index is 0.140. The van der Waals surface area contributed by atoms with E-state index in [1.165, 1.54) is 30.6 Å². The van der Waals surface area contributed by atoms with Gasteiger partial charge in [-0.15, -0.1) is 0 Å². The Labute approximate surface area is 172 Å². The lowest BCUT2D eigenvalue weighted by atomic mass is 10.1. The van der Waals surface area contributed by atoms with Crippen LogP contribution in [0.4, 0.5) is 0 Å². The van der Waals surface area contributed by atoms with E-state index in [1.807, 2.05) is 31.2 Å². The number of amides is 1. The molecule has 8 heteroatoms. The van der Waals surface area contributed by atoms with Crippen molar-refractivity contribution in [3.8, 4) is 11.5 Å². The highest BCUT2D eigenvalue weighted by Crippen LogP contribution is 2.24. The number of benzene rings is 2. The number of hydrogen-bond acceptors (Lipinski definition) is 5. The summed E-state index contributed by atoms with van der Waals surface area (Å²) in [4.78, 5) is 12.5. The molecule has 0 radical (unpaired) electrons. The molecule has 1 N–H and O–H groups in total. The molecule has 0 spiro atoms. The number of carbonyl (C=O) groups excluding carboxylic acids is 1. The van der Waals surface area contributed by atoms with E-state index >= 15 is 0 Å². The molecule has 2 aromatic rings. The van der Waals surface area contributed by atoms with Crippen LogP contribution in [0.25, 0.3) is 0 Å². The van der Waals surface area contributed by atoms with Crippen LogP contribution in [-0.4, -0.2) is 46.4 Å². The van der Waals surface area contributed by atoms with Crippen LogP contribution in [0.5, 0.6) is 11.5 Å². The number of hydrogen-bond donors (Lipinski definition) is 1. The first kappa shape index (κ1) is 22.7. The molecule has 29 heavy (non-hydrogen) atoms. The third kappa shape index (κ3) is 5.95. The Morgan fingerprint density at radius 2 is 1.72 bits per heavy atom. The zero-order valence-electron chi connectivity index (χ0n) is 17.2. The summed E-state index contributed by atoms with van der Waals surface area (Å²) in [7, 11) is 1.01. The Morgan fingerprint density at radius 1 is 1.07 bits per heavy atom.